The van der Waals surface area contributed by atoms with Gasteiger partial charge in [0.15, 0.2) is 5.82 Å². The lowest BCUT2D eigenvalue weighted by Crippen LogP contribution is -2.66. The van der Waals surface area contributed by atoms with Gasteiger partial charge in [-0.2, -0.15) is 5.26 Å². The van der Waals surface area contributed by atoms with Crippen molar-refractivity contribution in [1.82, 2.24) is 23.8 Å². The zero-order valence-electron chi connectivity index (χ0n) is 22.2. The van der Waals surface area contributed by atoms with Crippen LogP contribution in [0.4, 0.5) is 16.3 Å². The van der Waals surface area contributed by atoms with Gasteiger partial charge in [0.1, 0.15) is 5.52 Å². The molecule has 39 heavy (non-hydrogen) atoms. The van der Waals surface area contributed by atoms with Crippen molar-refractivity contribution in [3.63, 3.8) is 0 Å². The predicted molar refractivity (Wildman–Crippen MR) is 150 cm³/mol. The topological polar surface area (TPSA) is 126 Å². The summed E-state index contributed by atoms with van der Waals surface area (Å²) in [6.07, 6.45) is 5.05. The SMILES string of the molecule is CC(C)n1c(N2CC3(COC3)C2)nc2c(F)cc(-c3nc(N)ncc3Cl)cc21.CS(=O)N1CCC[C@H](C#N)C1. The molecular weight excluding hydrogens is 543 g/mol. The van der Waals surface area contributed by atoms with E-state index in [0.29, 0.717) is 33.9 Å². The molecule has 2 N–H and O–H groups in total. The van der Waals surface area contributed by atoms with Crippen molar-refractivity contribution in [2.45, 2.75) is 32.7 Å². The number of ether oxygens (including phenoxy) is 1. The quantitative estimate of drug-likeness (QED) is 0.498. The van der Waals surface area contributed by atoms with E-state index in [2.05, 4.69) is 44.3 Å². The molecule has 6 rings (SSSR count). The molecule has 1 unspecified atom stereocenters. The number of hydrogen-bond acceptors (Lipinski definition) is 8. The van der Waals surface area contributed by atoms with Crippen LogP contribution in [0.15, 0.2) is 18.3 Å². The molecule has 3 fully saturated rings. The lowest BCUT2D eigenvalue weighted by atomic mass is 9.78. The molecule has 5 heterocycles. The maximum absolute atomic E-state index is 15.0. The minimum Gasteiger partial charge on any atom is -0.380 e. The average molecular weight is 575 g/mol. The van der Waals surface area contributed by atoms with Crippen molar-refractivity contribution in [3.8, 4) is 17.3 Å². The van der Waals surface area contributed by atoms with Crippen LogP contribution in [0.5, 0.6) is 0 Å². The van der Waals surface area contributed by atoms with E-state index in [1.807, 2.05) is 10.4 Å². The van der Waals surface area contributed by atoms with Crippen molar-refractivity contribution in [3.05, 3.63) is 29.2 Å². The van der Waals surface area contributed by atoms with Gasteiger partial charge >= 0.3 is 0 Å². The molecule has 3 aliphatic heterocycles. The molecule has 2 aromatic heterocycles. The molecule has 0 aliphatic carbocycles. The van der Waals surface area contributed by atoms with Gasteiger partial charge in [0.05, 0.1) is 64.0 Å². The van der Waals surface area contributed by atoms with Gasteiger partial charge < -0.3 is 19.9 Å². The summed E-state index contributed by atoms with van der Waals surface area (Å²) in [4.78, 5) is 14.9. The Bertz CT molecular complexity index is 1450. The standard InChI is InChI=1S/C19H20ClFN6O.C7H12N2OS/c1-10(2)27-14-4-11(15-12(20)5-23-17(22)24-15)3-13(21)16(14)25-18(27)26-6-19(7-26)8-28-9-19;1-11(10)9-4-2-3-7(5-8)6-9/h3-5,10H,6-9H2,1-2H3,(H2,22,23,24);7H,2-4,6H2,1H3/t;7-,11?/m.1/s1. The first-order valence-electron chi connectivity index (χ1n) is 12.9. The first-order chi connectivity index (χ1) is 18.6. The Kier molecular flexibility index (Phi) is 7.79. The summed E-state index contributed by atoms with van der Waals surface area (Å²) < 4.78 is 35.3. The highest BCUT2D eigenvalue weighted by Gasteiger charge is 2.50. The Morgan fingerprint density at radius 1 is 1.31 bits per heavy atom. The number of hydrogen-bond donors (Lipinski definition) is 1. The van der Waals surface area contributed by atoms with E-state index in [1.54, 1.807) is 6.26 Å². The predicted octanol–water partition coefficient (Wildman–Crippen LogP) is 3.80. The highest BCUT2D eigenvalue weighted by Crippen LogP contribution is 2.42. The van der Waals surface area contributed by atoms with E-state index in [0.717, 1.165) is 51.6 Å². The van der Waals surface area contributed by atoms with Crippen LogP contribution in [0, 0.1) is 28.5 Å². The zero-order chi connectivity index (χ0) is 27.9. The molecule has 2 atom stereocenters. The second-order valence-corrected chi connectivity index (χ2v) is 12.5. The van der Waals surface area contributed by atoms with E-state index in [9.17, 15) is 4.21 Å². The van der Waals surface area contributed by atoms with Crippen molar-refractivity contribution in [1.29, 1.82) is 5.26 Å². The Hall–Kier alpha value is -2.85. The Balaban J connectivity index is 0.000000237. The smallest absolute Gasteiger partial charge is 0.220 e. The molecule has 10 nitrogen and oxygen atoms in total. The van der Waals surface area contributed by atoms with Gasteiger partial charge in [0.25, 0.3) is 0 Å². The number of piperidine rings is 1. The lowest BCUT2D eigenvalue weighted by molar-refractivity contribution is -0.127. The Morgan fingerprint density at radius 2 is 2.05 bits per heavy atom. The molecule has 0 radical (unpaired) electrons. The van der Waals surface area contributed by atoms with Gasteiger partial charge in [-0.05, 0) is 38.8 Å². The zero-order valence-corrected chi connectivity index (χ0v) is 23.8. The van der Waals surface area contributed by atoms with Crippen LogP contribution < -0.4 is 10.6 Å². The van der Waals surface area contributed by atoms with Gasteiger partial charge in [-0.15, -0.1) is 0 Å². The number of nitrogens with zero attached hydrogens (tertiary/aromatic N) is 7. The third kappa shape index (κ3) is 5.45. The number of fused-ring (bicyclic) bond motifs is 1. The number of benzene rings is 1. The lowest BCUT2D eigenvalue weighted by Gasteiger charge is -2.55. The fourth-order valence-electron chi connectivity index (χ4n) is 5.35. The Morgan fingerprint density at radius 3 is 2.67 bits per heavy atom. The third-order valence-corrected chi connectivity index (χ3v) is 8.70. The molecule has 3 aromatic rings. The van der Waals surface area contributed by atoms with Gasteiger partial charge in [0.2, 0.25) is 11.9 Å². The summed E-state index contributed by atoms with van der Waals surface area (Å²) in [7, 11) is -0.892. The molecule has 0 amide bonds. The molecular formula is C26H32ClFN8O2S. The summed E-state index contributed by atoms with van der Waals surface area (Å²) in [5.74, 6) is 0.551. The van der Waals surface area contributed by atoms with Crippen LogP contribution in [0.3, 0.4) is 0 Å². The van der Waals surface area contributed by atoms with E-state index < -0.39 is 16.8 Å². The first kappa shape index (κ1) is 27.7. The van der Waals surface area contributed by atoms with Gasteiger partial charge in [-0.25, -0.2) is 27.9 Å². The first-order valence-corrected chi connectivity index (χ1v) is 14.8. The highest BCUT2D eigenvalue weighted by atomic mass is 35.5. The molecule has 1 aromatic carbocycles. The number of nitrogens with two attached hydrogens (primary N) is 1. The normalized spacial score (nSPS) is 21.2. The van der Waals surface area contributed by atoms with E-state index >= 15 is 4.39 Å². The van der Waals surface area contributed by atoms with E-state index in [4.69, 9.17) is 27.3 Å². The van der Waals surface area contributed by atoms with Crippen LogP contribution in [0.25, 0.3) is 22.3 Å². The molecule has 13 heteroatoms. The van der Waals surface area contributed by atoms with Gasteiger partial charge in [-0.3, -0.25) is 0 Å². The van der Waals surface area contributed by atoms with Crippen LogP contribution in [0.2, 0.25) is 5.02 Å². The summed E-state index contributed by atoms with van der Waals surface area (Å²) in [5, 5.41) is 8.93. The minimum absolute atomic E-state index is 0.0894. The van der Waals surface area contributed by atoms with Crippen molar-refractivity contribution in [2.75, 3.05) is 56.3 Å². The third-order valence-electron chi connectivity index (χ3n) is 7.36. The van der Waals surface area contributed by atoms with Crippen molar-refractivity contribution >= 4 is 45.5 Å². The van der Waals surface area contributed by atoms with Crippen LogP contribution in [-0.2, 0) is 15.7 Å². The number of aromatic nitrogens is 4. The van der Waals surface area contributed by atoms with E-state index in [1.165, 1.54) is 12.3 Å². The number of anilines is 2. The van der Waals surface area contributed by atoms with Crippen molar-refractivity contribution in [2.24, 2.45) is 11.3 Å². The second-order valence-electron chi connectivity index (χ2n) is 10.8. The summed E-state index contributed by atoms with van der Waals surface area (Å²) in [5.41, 5.74) is 7.95. The largest absolute Gasteiger partial charge is 0.380 e. The fraction of sp³-hybridized carbons (Fsp3) is 0.538. The number of halogens is 2. The minimum atomic E-state index is -0.892. The molecule has 208 valence electrons. The molecule has 0 bridgehead atoms. The summed E-state index contributed by atoms with van der Waals surface area (Å²) in [6, 6.07) is 5.58. The number of rotatable bonds is 4. The van der Waals surface area contributed by atoms with E-state index in [-0.39, 0.29) is 23.3 Å². The highest BCUT2D eigenvalue weighted by molar-refractivity contribution is 7.81. The number of nitriles is 1. The van der Waals surface area contributed by atoms with Crippen LogP contribution in [-0.4, -0.2) is 73.7 Å². The monoisotopic (exact) mass is 574 g/mol. The fourth-order valence-corrected chi connectivity index (χ4v) is 6.33. The van der Waals surface area contributed by atoms with Crippen LogP contribution in [0.1, 0.15) is 32.7 Å². The Labute approximate surface area is 234 Å². The molecule has 1 spiro atoms. The maximum atomic E-state index is 15.0. The summed E-state index contributed by atoms with van der Waals surface area (Å²) >= 11 is 6.23. The average Bonchev–Trinajstić information content (AvgIpc) is 3.24. The summed E-state index contributed by atoms with van der Waals surface area (Å²) in [6.45, 7) is 9.02. The maximum Gasteiger partial charge on any atom is 0.220 e. The van der Waals surface area contributed by atoms with Crippen LogP contribution >= 0.6 is 11.6 Å². The molecule has 0 saturated carbocycles. The molecule has 3 aliphatic rings. The van der Waals surface area contributed by atoms with Crippen molar-refractivity contribution < 1.29 is 13.3 Å². The molecule has 3 saturated heterocycles. The number of imidazole rings is 1. The van der Waals surface area contributed by atoms with Gasteiger partial charge in [0, 0.05) is 44.0 Å². The number of nitrogen functional groups attached to an aromatic ring is 1. The second kappa shape index (κ2) is 11.0. The van der Waals surface area contributed by atoms with Gasteiger partial charge in [-0.1, -0.05) is 11.6 Å².